The van der Waals surface area contributed by atoms with Crippen molar-refractivity contribution in [3.8, 4) is 0 Å². The van der Waals surface area contributed by atoms with Crippen molar-refractivity contribution in [2.45, 2.75) is 0 Å². The van der Waals surface area contributed by atoms with Gasteiger partial charge in [0.2, 0.25) is 0 Å². The fourth-order valence-electron chi connectivity index (χ4n) is 0.872. The molecule has 50 valence electrons. The highest BCUT2D eigenvalue weighted by Gasteiger charge is 1.88. The number of hydrogen-bond donors (Lipinski definition) is 0. The van der Waals surface area contributed by atoms with Gasteiger partial charge in [-0.05, 0) is 16.7 Å². The van der Waals surface area contributed by atoms with Crippen molar-refractivity contribution in [2.75, 3.05) is 0 Å². The van der Waals surface area contributed by atoms with Crippen LogP contribution in [0.25, 0.3) is 16.0 Å². The van der Waals surface area contributed by atoms with Gasteiger partial charge in [0.05, 0.1) is 0 Å². The van der Waals surface area contributed by atoms with Crippen LogP contribution in [0.3, 0.4) is 0 Å². The smallest absolute Gasteiger partial charge is 0.0300 e. The first-order valence-corrected chi connectivity index (χ1v) is 3.75. The number of nitrogens with one attached hydrogen (secondary N) is 1. The van der Waals surface area contributed by atoms with Gasteiger partial charge in [-0.3, -0.25) is 0 Å². The van der Waals surface area contributed by atoms with Crippen LogP contribution in [0.2, 0.25) is 0 Å². The van der Waals surface area contributed by atoms with Crippen molar-refractivity contribution in [2.24, 2.45) is 0 Å². The van der Waals surface area contributed by atoms with Gasteiger partial charge in [-0.15, -0.1) is 11.3 Å². The summed E-state index contributed by atoms with van der Waals surface area (Å²) in [6.07, 6.45) is 0. The zero-order valence-corrected chi connectivity index (χ0v) is 5.98. The highest BCUT2D eigenvalue weighted by atomic mass is 32.1. The minimum absolute atomic E-state index is 0.390. The van der Waals surface area contributed by atoms with E-state index in [2.05, 4.69) is 4.98 Å². The summed E-state index contributed by atoms with van der Waals surface area (Å²) >= 11 is 1.41. The van der Waals surface area contributed by atoms with E-state index >= 15 is 0 Å². The Morgan fingerprint density at radius 3 is 2.90 bits per heavy atom. The van der Waals surface area contributed by atoms with Crippen LogP contribution in [0, 0.1) is 0 Å². The van der Waals surface area contributed by atoms with Gasteiger partial charge in [-0.25, -0.2) is 0 Å². The van der Waals surface area contributed by atoms with E-state index in [9.17, 15) is 0 Å². The average Bonchev–Trinajstić information content (AvgIpc) is 2.27. The molecule has 10 heavy (non-hydrogen) atoms. The van der Waals surface area contributed by atoms with Crippen molar-refractivity contribution in [3.63, 3.8) is 0 Å². The molecule has 0 bridgehead atoms. The minimum atomic E-state index is 0.390. The molecule has 1 heterocycles. The summed E-state index contributed by atoms with van der Waals surface area (Å²) in [5.41, 5.74) is 8.16. The van der Waals surface area contributed by atoms with E-state index in [4.69, 9.17) is 5.73 Å². The molecule has 0 saturated carbocycles. The molecule has 3 heteroatoms. The van der Waals surface area contributed by atoms with Crippen LogP contribution >= 0.6 is 11.3 Å². The van der Waals surface area contributed by atoms with Gasteiger partial charge in [-0.2, -0.15) is 0 Å². The van der Waals surface area contributed by atoms with Gasteiger partial charge in [0.15, 0.2) is 0 Å². The van der Waals surface area contributed by atoms with Crippen LogP contribution in [0.5, 0.6) is 0 Å². The molecule has 2 aromatic rings. The summed E-state index contributed by atoms with van der Waals surface area (Å²) in [6, 6.07) is 7.79. The Labute approximate surface area is 62.3 Å². The molecular weight excluding hydrogens is 144 g/mol. The number of hydrogen-bond acceptors (Lipinski definition) is 2. The summed E-state index contributed by atoms with van der Waals surface area (Å²) in [5.74, 6) is 0. The zero-order chi connectivity index (χ0) is 6.97. The number of fused-ring (bicyclic) bond motifs is 1. The summed E-state index contributed by atoms with van der Waals surface area (Å²) in [4.78, 5) is 4.00. The lowest BCUT2D eigenvalue weighted by atomic mass is 10.3. The lowest BCUT2D eigenvalue weighted by Crippen LogP contribution is -1.61. The molecule has 0 fully saturated rings. The second-order valence-electron chi connectivity index (χ2n) is 1.99. The van der Waals surface area contributed by atoms with Gasteiger partial charge in [0.1, 0.15) is 0 Å². The first-order chi connectivity index (χ1) is 4.86. The Morgan fingerprint density at radius 1 is 1.30 bits per heavy atom. The molecule has 0 amide bonds. The van der Waals surface area contributed by atoms with Gasteiger partial charge in [0.25, 0.3) is 0 Å². The Kier molecular flexibility index (Phi) is 1.11. The Balaban J connectivity index is 2.88. The van der Waals surface area contributed by atoms with Crippen LogP contribution in [-0.2, 0) is 0 Å². The maximum atomic E-state index is 7.23. The monoisotopic (exact) mass is 149 g/mol. The number of rotatable bonds is 0. The molecule has 0 unspecified atom stereocenters. The maximum absolute atomic E-state index is 7.23. The molecule has 0 aliphatic heterocycles. The predicted molar refractivity (Wildman–Crippen MR) is 43.6 cm³/mol. The van der Waals surface area contributed by atoms with E-state index in [1.165, 1.54) is 11.3 Å². The fraction of sp³-hybridized carbons (Fsp3) is 0. The molecule has 1 aromatic carbocycles. The third-order valence-corrected chi connectivity index (χ3v) is 2.14. The molecule has 1 N–H and O–H groups in total. The second-order valence-corrected chi connectivity index (χ2v) is 3.02. The molecule has 0 aliphatic carbocycles. The number of nitrogens with zero attached hydrogens (tertiary/aromatic N) is 1. The molecule has 0 saturated heterocycles. The standard InChI is InChI=1S/C7H5N2S/c8-7-9-5-3-1-2-4-6(5)10-7/h1-4H,(H-,8,9)/q-1. The summed E-state index contributed by atoms with van der Waals surface area (Å²) in [5, 5.41) is 0.390. The Morgan fingerprint density at radius 2 is 2.10 bits per heavy atom. The normalized spacial score (nSPS) is 10.4. The number of thiazole rings is 1. The predicted octanol–water partition coefficient (Wildman–Crippen LogP) is 2.98. The summed E-state index contributed by atoms with van der Waals surface area (Å²) in [6.45, 7) is 0. The molecule has 2 rings (SSSR count). The van der Waals surface area contributed by atoms with E-state index in [1.807, 2.05) is 24.3 Å². The Bertz CT molecular complexity index is 320. The number of para-hydroxylation sites is 1. The maximum Gasteiger partial charge on any atom is 0.0300 e. The van der Waals surface area contributed by atoms with Crippen LogP contribution in [0.15, 0.2) is 24.3 Å². The summed E-state index contributed by atoms with van der Waals surface area (Å²) in [7, 11) is 0. The van der Waals surface area contributed by atoms with E-state index in [-0.39, 0.29) is 0 Å². The lowest BCUT2D eigenvalue weighted by Gasteiger charge is -1.87. The third-order valence-electron chi connectivity index (χ3n) is 1.29. The van der Waals surface area contributed by atoms with Gasteiger partial charge >= 0.3 is 0 Å². The van der Waals surface area contributed by atoms with E-state index in [1.54, 1.807) is 0 Å². The zero-order valence-electron chi connectivity index (χ0n) is 5.16. The minimum Gasteiger partial charge on any atom is -0.473 e. The number of aromatic nitrogens is 1. The van der Waals surface area contributed by atoms with Crippen molar-refractivity contribution >= 4 is 26.7 Å². The molecule has 0 radical (unpaired) electrons. The second kappa shape index (κ2) is 1.95. The molecule has 1 aromatic heterocycles. The molecule has 0 aliphatic rings. The van der Waals surface area contributed by atoms with Crippen LogP contribution in [0.1, 0.15) is 0 Å². The third kappa shape index (κ3) is 0.752. The van der Waals surface area contributed by atoms with E-state index in [0.717, 1.165) is 10.2 Å². The van der Waals surface area contributed by atoms with E-state index < -0.39 is 0 Å². The fourth-order valence-corrected chi connectivity index (χ4v) is 1.59. The molecule has 0 atom stereocenters. The van der Waals surface area contributed by atoms with E-state index in [0.29, 0.717) is 5.13 Å². The topological polar surface area (TPSA) is 36.7 Å². The first kappa shape index (κ1) is 5.68. The highest BCUT2D eigenvalue weighted by Crippen LogP contribution is 2.26. The van der Waals surface area contributed by atoms with Crippen molar-refractivity contribution in [1.82, 2.24) is 4.98 Å². The van der Waals surface area contributed by atoms with Crippen molar-refractivity contribution in [1.29, 1.82) is 0 Å². The quantitative estimate of drug-likeness (QED) is 0.567. The SMILES string of the molecule is [NH-]c1nc2ccccc2s1. The van der Waals surface area contributed by atoms with Gasteiger partial charge in [0, 0.05) is 4.70 Å². The van der Waals surface area contributed by atoms with Crippen LogP contribution in [0.4, 0.5) is 5.13 Å². The molecular formula is C7H5N2S-. The lowest BCUT2D eigenvalue weighted by molar-refractivity contribution is 1.52. The van der Waals surface area contributed by atoms with Crippen molar-refractivity contribution < 1.29 is 0 Å². The highest BCUT2D eigenvalue weighted by molar-refractivity contribution is 7.22. The first-order valence-electron chi connectivity index (χ1n) is 2.93. The Hall–Kier alpha value is -1.09. The van der Waals surface area contributed by atoms with Crippen LogP contribution < -0.4 is 0 Å². The summed E-state index contributed by atoms with van der Waals surface area (Å²) < 4.78 is 1.09. The van der Waals surface area contributed by atoms with Crippen molar-refractivity contribution in [3.05, 3.63) is 30.0 Å². The molecule has 0 spiro atoms. The number of benzene rings is 1. The van der Waals surface area contributed by atoms with Crippen LogP contribution in [-0.4, -0.2) is 4.98 Å². The largest absolute Gasteiger partial charge is 0.473 e. The van der Waals surface area contributed by atoms with Gasteiger partial charge in [-0.1, -0.05) is 18.2 Å². The van der Waals surface area contributed by atoms with Gasteiger partial charge < -0.3 is 10.7 Å². The average molecular weight is 149 g/mol. The molecule has 2 nitrogen and oxygen atoms in total.